The van der Waals surface area contributed by atoms with Gasteiger partial charge in [-0.3, -0.25) is 0 Å². The van der Waals surface area contributed by atoms with Gasteiger partial charge in [-0.15, -0.1) is 0 Å². The molecular weight excluding hydrogens is 302 g/mol. The third kappa shape index (κ3) is 1.86. The zero-order chi connectivity index (χ0) is 14.9. The van der Waals surface area contributed by atoms with Gasteiger partial charge in [0.05, 0.1) is 0 Å². The van der Waals surface area contributed by atoms with Crippen molar-refractivity contribution in [3.63, 3.8) is 0 Å². The summed E-state index contributed by atoms with van der Waals surface area (Å²) in [7, 11) is 0. The zero-order valence-corrected chi connectivity index (χ0v) is 12.2. The van der Waals surface area contributed by atoms with Gasteiger partial charge in [-0.1, -0.05) is 0 Å². The standard InChI is InChI=1S/C14H18F2O4S/c15-14(16,21(18)19)13(17)20-10-5-8-4-9(10)12-7-2-1-6(3-7)11(8)12/h6-12H,1-5H2,(H,18,19). The molecule has 4 nitrogen and oxygen atoms in total. The van der Waals surface area contributed by atoms with Crippen molar-refractivity contribution in [1.82, 2.24) is 0 Å². The van der Waals surface area contributed by atoms with E-state index in [1.165, 1.54) is 19.3 Å². The quantitative estimate of drug-likeness (QED) is 0.493. The SMILES string of the molecule is O=C(OC1CC2CC1C1C3CCC(C3)C21)C(F)(F)S(=O)O. The topological polar surface area (TPSA) is 63.6 Å². The van der Waals surface area contributed by atoms with E-state index >= 15 is 0 Å². The molecule has 0 aromatic carbocycles. The predicted octanol–water partition coefficient (Wildman–Crippen LogP) is 2.41. The second kappa shape index (κ2) is 4.47. The molecule has 4 bridgehead atoms. The van der Waals surface area contributed by atoms with Gasteiger partial charge in [-0.05, 0) is 67.6 Å². The molecule has 0 heterocycles. The molecule has 8 unspecified atom stereocenters. The van der Waals surface area contributed by atoms with Crippen LogP contribution in [0.15, 0.2) is 0 Å². The molecule has 8 atom stereocenters. The minimum absolute atomic E-state index is 0.183. The Morgan fingerprint density at radius 3 is 2.43 bits per heavy atom. The first-order chi connectivity index (χ1) is 9.89. The van der Waals surface area contributed by atoms with Crippen molar-refractivity contribution < 1.29 is 27.1 Å². The Balaban J connectivity index is 1.48. The summed E-state index contributed by atoms with van der Waals surface area (Å²) in [5.41, 5.74) is 0. The van der Waals surface area contributed by atoms with E-state index in [-0.39, 0.29) is 5.92 Å². The summed E-state index contributed by atoms with van der Waals surface area (Å²) in [6.07, 6.45) is 4.88. The molecule has 118 valence electrons. The molecule has 0 saturated heterocycles. The molecule has 0 radical (unpaired) electrons. The summed E-state index contributed by atoms with van der Waals surface area (Å²) in [5, 5.41) is -4.32. The Bertz CT molecular complexity index is 511. The van der Waals surface area contributed by atoms with Crippen molar-refractivity contribution in [2.24, 2.45) is 35.5 Å². The Morgan fingerprint density at radius 1 is 1.10 bits per heavy atom. The van der Waals surface area contributed by atoms with Gasteiger partial charge < -0.3 is 9.29 Å². The largest absolute Gasteiger partial charge is 0.457 e. The van der Waals surface area contributed by atoms with Crippen LogP contribution in [0.3, 0.4) is 0 Å². The number of rotatable bonds is 3. The highest BCUT2D eigenvalue weighted by Gasteiger charge is 2.63. The fourth-order valence-corrected chi connectivity index (χ4v) is 6.11. The van der Waals surface area contributed by atoms with Gasteiger partial charge in [0, 0.05) is 0 Å². The molecule has 0 amide bonds. The second-order valence-electron chi connectivity index (χ2n) is 7.09. The molecule has 21 heavy (non-hydrogen) atoms. The van der Waals surface area contributed by atoms with Gasteiger partial charge in [0.2, 0.25) is 11.1 Å². The van der Waals surface area contributed by atoms with Gasteiger partial charge in [0.15, 0.2) is 0 Å². The predicted molar refractivity (Wildman–Crippen MR) is 69.6 cm³/mol. The van der Waals surface area contributed by atoms with Crippen molar-refractivity contribution >= 4 is 17.0 Å². The van der Waals surface area contributed by atoms with Crippen molar-refractivity contribution in [2.75, 3.05) is 0 Å². The number of esters is 1. The smallest absolute Gasteiger partial charge is 0.439 e. The lowest BCUT2D eigenvalue weighted by molar-refractivity contribution is -0.171. The number of fused-ring (bicyclic) bond motifs is 9. The summed E-state index contributed by atoms with van der Waals surface area (Å²) in [4.78, 5) is 11.5. The molecule has 4 aliphatic carbocycles. The maximum absolute atomic E-state index is 13.2. The highest BCUT2D eigenvalue weighted by Crippen LogP contribution is 2.67. The number of carbonyl (C=O) groups excluding carboxylic acids is 1. The number of hydrogen-bond donors (Lipinski definition) is 1. The van der Waals surface area contributed by atoms with Gasteiger partial charge >= 0.3 is 11.2 Å². The Labute approximate surface area is 123 Å². The van der Waals surface area contributed by atoms with Crippen molar-refractivity contribution in [3.05, 3.63) is 0 Å². The van der Waals surface area contributed by atoms with Crippen LogP contribution in [0.25, 0.3) is 0 Å². The molecule has 0 aromatic heterocycles. The molecule has 7 heteroatoms. The molecule has 1 N–H and O–H groups in total. The van der Waals surface area contributed by atoms with Crippen LogP contribution in [0.1, 0.15) is 32.1 Å². The van der Waals surface area contributed by atoms with Crippen LogP contribution in [0.5, 0.6) is 0 Å². The lowest BCUT2D eigenvalue weighted by Crippen LogP contribution is -2.42. The number of hydrogen-bond acceptors (Lipinski definition) is 3. The fraction of sp³-hybridized carbons (Fsp3) is 0.929. The van der Waals surface area contributed by atoms with E-state index in [0.717, 1.165) is 12.3 Å². The van der Waals surface area contributed by atoms with E-state index in [1.807, 2.05) is 0 Å². The zero-order valence-electron chi connectivity index (χ0n) is 11.4. The maximum Gasteiger partial charge on any atom is 0.439 e. The summed E-state index contributed by atoms with van der Waals surface area (Å²) < 4.78 is 50.5. The van der Waals surface area contributed by atoms with Crippen LogP contribution in [-0.2, 0) is 20.6 Å². The minimum Gasteiger partial charge on any atom is -0.457 e. The average molecular weight is 320 g/mol. The fourth-order valence-electron chi connectivity index (χ4n) is 5.92. The van der Waals surface area contributed by atoms with E-state index < -0.39 is 28.4 Å². The van der Waals surface area contributed by atoms with E-state index in [9.17, 15) is 17.8 Å². The van der Waals surface area contributed by atoms with Crippen LogP contribution in [0.4, 0.5) is 8.78 Å². The number of carbonyl (C=O) groups is 1. The van der Waals surface area contributed by atoms with E-state index in [2.05, 4.69) is 0 Å². The maximum atomic E-state index is 13.2. The summed E-state index contributed by atoms with van der Waals surface area (Å²) in [5.74, 6) is 1.51. The third-order valence-electron chi connectivity index (χ3n) is 6.39. The van der Waals surface area contributed by atoms with Crippen molar-refractivity contribution in [2.45, 2.75) is 43.5 Å². The van der Waals surface area contributed by atoms with Crippen LogP contribution in [-0.4, -0.2) is 26.1 Å². The van der Waals surface area contributed by atoms with E-state index in [1.54, 1.807) is 0 Å². The molecule has 4 aliphatic rings. The van der Waals surface area contributed by atoms with Gasteiger partial charge in [0.1, 0.15) is 6.10 Å². The third-order valence-corrected chi connectivity index (χ3v) is 6.99. The number of halogens is 2. The molecule has 4 rings (SSSR count). The Kier molecular flexibility index (Phi) is 2.99. The van der Waals surface area contributed by atoms with E-state index in [0.29, 0.717) is 30.1 Å². The first-order valence-electron chi connectivity index (χ1n) is 7.59. The van der Waals surface area contributed by atoms with Crippen LogP contribution < -0.4 is 0 Å². The van der Waals surface area contributed by atoms with E-state index in [4.69, 9.17) is 9.29 Å². The Morgan fingerprint density at radius 2 is 1.76 bits per heavy atom. The average Bonchev–Trinajstić information content (AvgIpc) is 3.16. The number of ether oxygens (including phenoxy) is 1. The summed E-state index contributed by atoms with van der Waals surface area (Å²) >= 11 is -3.52. The van der Waals surface area contributed by atoms with Gasteiger partial charge in [-0.25, -0.2) is 9.00 Å². The summed E-state index contributed by atoms with van der Waals surface area (Å²) in [6, 6.07) is 0. The van der Waals surface area contributed by atoms with Crippen LogP contribution >= 0.6 is 0 Å². The van der Waals surface area contributed by atoms with Crippen molar-refractivity contribution in [1.29, 1.82) is 0 Å². The monoisotopic (exact) mass is 320 g/mol. The first kappa shape index (κ1) is 14.1. The molecule has 0 aromatic rings. The molecular formula is C14H18F2O4S. The second-order valence-corrected chi connectivity index (χ2v) is 8.10. The highest BCUT2D eigenvalue weighted by atomic mass is 32.2. The lowest BCUT2D eigenvalue weighted by Gasteiger charge is -2.38. The lowest BCUT2D eigenvalue weighted by atomic mass is 9.70. The van der Waals surface area contributed by atoms with Crippen LogP contribution in [0, 0.1) is 35.5 Å². The van der Waals surface area contributed by atoms with Crippen LogP contribution in [0.2, 0.25) is 0 Å². The van der Waals surface area contributed by atoms with Crippen molar-refractivity contribution in [3.8, 4) is 0 Å². The highest BCUT2D eigenvalue weighted by molar-refractivity contribution is 7.81. The molecule has 0 aliphatic heterocycles. The van der Waals surface area contributed by atoms with Gasteiger partial charge in [-0.2, -0.15) is 8.78 Å². The number of alkyl halides is 2. The Hall–Kier alpha value is -0.560. The summed E-state index contributed by atoms with van der Waals surface area (Å²) in [6.45, 7) is 0. The minimum atomic E-state index is -4.32. The first-order valence-corrected chi connectivity index (χ1v) is 8.70. The normalized spacial score (nSPS) is 48.4. The molecule has 0 spiro atoms. The molecule has 4 fully saturated rings. The van der Waals surface area contributed by atoms with Gasteiger partial charge in [0.25, 0.3) is 0 Å². The molecule has 4 saturated carbocycles.